The fourth-order valence-electron chi connectivity index (χ4n) is 3.26. The lowest BCUT2D eigenvalue weighted by Gasteiger charge is -2.35. The largest absolute Gasteiger partial charge is 0.367 e. The standard InChI is InChI=1S/C14H24N4O/c1-11-15-14(17-16-11)13-10-18(7-8-19-13)9-12-5-3-2-4-6-12/h12-13H,2-10H2,1H3,(H,15,16,17)/t13-/m1/s1. The molecule has 1 aromatic rings. The molecule has 1 aliphatic heterocycles. The van der Waals surface area contributed by atoms with Crippen molar-refractivity contribution in [3.8, 4) is 0 Å². The van der Waals surface area contributed by atoms with E-state index in [1.165, 1.54) is 38.6 Å². The van der Waals surface area contributed by atoms with Gasteiger partial charge in [-0.25, -0.2) is 4.98 Å². The Kier molecular flexibility index (Phi) is 4.13. The number of H-pyrrole nitrogens is 1. The van der Waals surface area contributed by atoms with Crippen LogP contribution in [0.4, 0.5) is 0 Å². The number of aromatic nitrogens is 3. The van der Waals surface area contributed by atoms with Crippen LogP contribution >= 0.6 is 0 Å². The number of ether oxygens (including phenoxy) is 1. The molecule has 5 heteroatoms. The summed E-state index contributed by atoms with van der Waals surface area (Å²) in [5.74, 6) is 2.57. The normalized spacial score (nSPS) is 26.7. The van der Waals surface area contributed by atoms with E-state index >= 15 is 0 Å². The molecule has 0 radical (unpaired) electrons. The van der Waals surface area contributed by atoms with Gasteiger partial charge >= 0.3 is 0 Å². The number of nitrogens with one attached hydrogen (secondary N) is 1. The van der Waals surface area contributed by atoms with E-state index in [0.29, 0.717) is 0 Å². The highest BCUT2D eigenvalue weighted by atomic mass is 16.5. The van der Waals surface area contributed by atoms with Crippen LogP contribution in [0.5, 0.6) is 0 Å². The second-order valence-electron chi connectivity index (χ2n) is 5.90. The smallest absolute Gasteiger partial charge is 0.180 e. The molecule has 106 valence electrons. The average molecular weight is 264 g/mol. The summed E-state index contributed by atoms with van der Waals surface area (Å²) in [6.45, 7) is 5.94. The Bertz CT molecular complexity index is 400. The van der Waals surface area contributed by atoms with E-state index in [9.17, 15) is 0 Å². The van der Waals surface area contributed by atoms with Gasteiger partial charge in [0.1, 0.15) is 11.9 Å². The molecule has 1 saturated heterocycles. The summed E-state index contributed by atoms with van der Waals surface area (Å²) < 4.78 is 5.81. The second kappa shape index (κ2) is 6.01. The van der Waals surface area contributed by atoms with Gasteiger partial charge in [-0.2, -0.15) is 5.10 Å². The second-order valence-corrected chi connectivity index (χ2v) is 5.90. The monoisotopic (exact) mass is 264 g/mol. The molecule has 0 aromatic carbocycles. The van der Waals surface area contributed by atoms with E-state index in [2.05, 4.69) is 20.1 Å². The third-order valence-electron chi connectivity index (χ3n) is 4.29. The molecular formula is C14H24N4O. The molecule has 1 atom stereocenters. The Labute approximate surface area is 114 Å². The first-order valence-electron chi connectivity index (χ1n) is 7.54. The maximum Gasteiger partial charge on any atom is 0.180 e. The minimum Gasteiger partial charge on any atom is -0.367 e. The van der Waals surface area contributed by atoms with Crippen LogP contribution in [0.1, 0.15) is 49.9 Å². The van der Waals surface area contributed by atoms with Crippen LogP contribution in [-0.4, -0.2) is 46.3 Å². The molecule has 1 aliphatic carbocycles. The molecule has 0 spiro atoms. The van der Waals surface area contributed by atoms with Crippen molar-refractivity contribution in [2.24, 2.45) is 5.92 Å². The van der Waals surface area contributed by atoms with Gasteiger partial charge in [0.15, 0.2) is 5.82 Å². The summed E-state index contributed by atoms with van der Waals surface area (Å²) in [6, 6.07) is 0. The van der Waals surface area contributed by atoms with Crippen LogP contribution in [0.2, 0.25) is 0 Å². The van der Waals surface area contributed by atoms with Gasteiger partial charge in [-0.1, -0.05) is 19.3 Å². The number of rotatable bonds is 3. The van der Waals surface area contributed by atoms with E-state index in [0.717, 1.165) is 37.3 Å². The van der Waals surface area contributed by atoms with Crippen molar-refractivity contribution >= 4 is 0 Å². The van der Waals surface area contributed by atoms with Crippen molar-refractivity contribution in [1.82, 2.24) is 20.1 Å². The first kappa shape index (κ1) is 13.1. The molecule has 2 heterocycles. The molecule has 5 nitrogen and oxygen atoms in total. The topological polar surface area (TPSA) is 54.0 Å². The number of aromatic amines is 1. The number of morpholine rings is 1. The van der Waals surface area contributed by atoms with E-state index in [1.54, 1.807) is 0 Å². The lowest BCUT2D eigenvalue weighted by Crippen LogP contribution is -2.41. The molecule has 0 bridgehead atoms. The van der Waals surface area contributed by atoms with Crippen molar-refractivity contribution in [2.45, 2.75) is 45.1 Å². The number of hydrogen-bond donors (Lipinski definition) is 1. The molecule has 1 aromatic heterocycles. The predicted octanol–water partition coefficient (Wildman–Crippen LogP) is 2.07. The molecular weight excluding hydrogens is 240 g/mol. The Hall–Kier alpha value is -0.940. The highest BCUT2D eigenvalue weighted by molar-refractivity contribution is 4.95. The Morgan fingerprint density at radius 2 is 2.16 bits per heavy atom. The van der Waals surface area contributed by atoms with Crippen molar-refractivity contribution in [1.29, 1.82) is 0 Å². The minimum atomic E-state index is 0.0438. The molecule has 3 rings (SSSR count). The number of nitrogens with zero attached hydrogens (tertiary/aromatic N) is 3. The predicted molar refractivity (Wildman–Crippen MR) is 72.8 cm³/mol. The van der Waals surface area contributed by atoms with Crippen LogP contribution in [0.3, 0.4) is 0 Å². The van der Waals surface area contributed by atoms with Gasteiger partial charge in [-0.05, 0) is 25.7 Å². The fourth-order valence-corrected chi connectivity index (χ4v) is 3.26. The first-order chi connectivity index (χ1) is 9.31. The zero-order valence-corrected chi connectivity index (χ0v) is 11.8. The number of hydrogen-bond acceptors (Lipinski definition) is 4. The lowest BCUT2D eigenvalue weighted by atomic mass is 9.89. The Balaban J connectivity index is 1.55. The van der Waals surface area contributed by atoms with Gasteiger partial charge in [0.25, 0.3) is 0 Å². The van der Waals surface area contributed by atoms with Gasteiger partial charge in [0, 0.05) is 19.6 Å². The van der Waals surface area contributed by atoms with Crippen LogP contribution in [0.15, 0.2) is 0 Å². The quantitative estimate of drug-likeness (QED) is 0.908. The summed E-state index contributed by atoms with van der Waals surface area (Å²) in [7, 11) is 0. The Morgan fingerprint density at radius 1 is 1.32 bits per heavy atom. The summed E-state index contributed by atoms with van der Waals surface area (Å²) in [6.07, 6.45) is 7.11. The third-order valence-corrected chi connectivity index (χ3v) is 4.29. The van der Waals surface area contributed by atoms with E-state index in [4.69, 9.17) is 4.74 Å². The van der Waals surface area contributed by atoms with Gasteiger partial charge in [0.05, 0.1) is 6.61 Å². The van der Waals surface area contributed by atoms with Crippen LogP contribution in [-0.2, 0) is 4.74 Å². The van der Waals surface area contributed by atoms with E-state index in [1.807, 2.05) is 6.92 Å². The van der Waals surface area contributed by atoms with E-state index < -0.39 is 0 Å². The fraction of sp³-hybridized carbons (Fsp3) is 0.857. The maximum atomic E-state index is 5.81. The zero-order chi connectivity index (χ0) is 13.1. The molecule has 0 amide bonds. The van der Waals surface area contributed by atoms with E-state index in [-0.39, 0.29) is 6.10 Å². The average Bonchev–Trinajstić information content (AvgIpc) is 2.87. The van der Waals surface area contributed by atoms with Gasteiger partial charge in [-0.3, -0.25) is 10.00 Å². The highest BCUT2D eigenvalue weighted by Crippen LogP contribution is 2.26. The first-order valence-corrected chi connectivity index (χ1v) is 7.54. The lowest BCUT2D eigenvalue weighted by molar-refractivity contribution is -0.0399. The molecule has 1 saturated carbocycles. The molecule has 2 aliphatic rings. The number of aryl methyl sites for hydroxylation is 1. The van der Waals surface area contributed by atoms with Crippen molar-refractivity contribution < 1.29 is 4.74 Å². The molecule has 2 fully saturated rings. The van der Waals surface area contributed by atoms with Crippen molar-refractivity contribution in [2.75, 3.05) is 26.2 Å². The van der Waals surface area contributed by atoms with Crippen molar-refractivity contribution in [3.63, 3.8) is 0 Å². The molecule has 1 N–H and O–H groups in total. The van der Waals surface area contributed by atoms with Gasteiger partial charge < -0.3 is 4.74 Å². The zero-order valence-electron chi connectivity index (χ0n) is 11.8. The SMILES string of the molecule is Cc1nc([C@H]2CN(CC3CCCCC3)CCO2)n[nH]1. The third kappa shape index (κ3) is 3.34. The summed E-state index contributed by atoms with van der Waals surface area (Å²) in [4.78, 5) is 6.93. The molecule has 19 heavy (non-hydrogen) atoms. The summed E-state index contributed by atoms with van der Waals surface area (Å²) in [5.41, 5.74) is 0. The minimum absolute atomic E-state index is 0.0438. The summed E-state index contributed by atoms with van der Waals surface area (Å²) >= 11 is 0. The van der Waals surface area contributed by atoms with Gasteiger partial charge in [-0.15, -0.1) is 0 Å². The highest BCUT2D eigenvalue weighted by Gasteiger charge is 2.27. The maximum absolute atomic E-state index is 5.81. The van der Waals surface area contributed by atoms with Crippen LogP contribution in [0, 0.1) is 12.8 Å². The Morgan fingerprint density at radius 3 is 2.89 bits per heavy atom. The summed E-state index contributed by atoms with van der Waals surface area (Å²) in [5, 5.41) is 7.14. The molecule has 0 unspecified atom stereocenters. The van der Waals surface area contributed by atoms with Gasteiger partial charge in [0.2, 0.25) is 0 Å². The van der Waals surface area contributed by atoms with Crippen LogP contribution in [0.25, 0.3) is 0 Å². The van der Waals surface area contributed by atoms with Crippen LogP contribution < -0.4 is 0 Å². The van der Waals surface area contributed by atoms with Crippen molar-refractivity contribution in [3.05, 3.63) is 11.6 Å².